The molecular formula is C17H16BrN3O2S. The molecule has 24 heavy (non-hydrogen) atoms. The number of thioether (sulfide) groups is 1. The van der Waals surface area contributed by atoms with Crippen LogP contribution in [-0.2, 0) is 11.3 Å². The molecule has 0 saturated carbocycles. The van der Waals surface area contributed by atoms with Gasteiger partial charge in [-0.2, -0.15) is 0 Å². The molecule has 124 valence electrons. The molecule has 0 bridgehead atoms. The molecule has 3 rings (SSSR count). The van der Waals surface area contributed by atoms with Crippen molar-refractivity contribution in [2.45, 2.75) is 23.9 Å². The van der Waals surface area contributed by atoms with Crippen molar-refractivity contribution in [3.05, 3.63) is 59.1 Å². The van der Waals surface area contributed by atoms with Gasteiger partial charge in [0.25, 0.3) is 0 Å². The molecule has 1 unspecified atom stereocenters. The number of furan rings is 1. The van der Waals surface area contributed by atoms with Crippen LogP contribution in [0.2, 0.25) is 0 Å². The van der Waals surface area contributed by atoms with Crippen molar-refractivity contribution in [2.75, 3.05) is 0 Å². The van der Waals surface area contributed by atoms with Gasteiger partial charge in [-0.05, 0) is 36.8 Å². The molecule has 2 aromatic heterocycles. The summed E-state index contributed by atoms with van der Waals surface area (Å²) in [6, 6.07) is 11.6. The Labute approximate surface area is 152 Å². The number of benzene rings is 1. The maximum Gasteiger partial charge on any atom is 0.233 e. The van der Waals surface area contributed by atoms with E-state index in [1.807, 2.05) is 37.3 Å². The summed E-state index contributed by atoms with van der Waals surface area (Å²) in [5.74, 6) is 0.675. The van der Waals surface area contributed by atoms with Gasteiger partial charge in [0.05, 0.1) is 29.9 Å². The number of hydrogen-bond acceptors (Lipinski definition) is 4. The summed E-state index contributed by atoms with van der Waals surface area (Å²) in [4.78, 5) is 19.7. The Bertz CT molecular complexity index is 800. The molecular weight excluding hydrogens is 390 g/mol. The fourth-order valence-electron chi connectivity index (χ4n) is 2.09. The molecule has 0 radical (unpaired) electrons. The van der Waals surface area contributed by atoms with E-state index in [0.717, 1.165) is 21.5 Å². The van der Waals surface area contributed by atoms with E-state index in [-0.39, 0.29) is 11.2 Å². The first-order chi connectivity index (χ1) is 11.6. The number of aromatic nitrogens is 2. The van der Waals surface area contributed by atoms with Crippen LogP contribution in [0.1, 0.15) is 12.7 Å². The Kier molecular flexibility index (Phi) is 5.42. The third kappa shape index (κ3) is 4.30. The number of aromatic amines is 1. The van der Waals surface area contributed by atoms with Gasteiger partial charge in [0.2, 0.25) is 5.91 Å². The maximum atomic E-state index is 12.1. The van der Waals surface area contributed by atoms with E-state index < -0.39 is 0 Å². The first kappa shape index (κ1) is 16.9. The molecule has 3 aromatic rings. The van der Waals surface area contributed by atoms with E-state index in [4.69, 9.17) is 4.42 Å². The van der Waals surface area contributed by atoms with E-state index in [1.54, 1.807) is 18.5 Å². The molecule has 0 aliphatic heterocycles. The Hall–Kier alpha value is -1.99. The van der Waals surface area contributed by atoms with Crippen LogP contribution < -0.4 is 5.32 Å². The van der Waals surface area contributed by atoms with Crippen molar-refractivity contribution in [3.8, 4) is 11.3 Å². The molecule has 5 nitrogen and oxygen atoms in total. The van der Waals surface area contributed by atoms with E-state index in [2.05, 4.69) is 31.2 Å². The van der Waals surface area contributed by atoms with Gasteiger partial charge < -0.3 is 14.7 Å². The predicted molar refractivity (Wildman–Crippen MR) is 97.6 cm³/mol. The number of rotatable bonds is 6. The minimum Gasteiger partial charge on any atom is -0.467 e. The van der Waals surface area contributed by atoms with Gasteiger partial charge in [0.1, 0.15) is 5.76 Å². The van der Waals surface area contributed by atoms with Crippen LogP contribution >= 0.6 is 27.7 Å². The first-order valence-corrected chi connectivity index (χ1v) is 9.07. The van der Waals surface area contributed by atoms with E-state index in [9.17, 15) is 4.79 Å². The zero-order valence-electron chi connectivity index (χ0n) is 13.0. The number of carbonyl (C=O) groups is 1. The summed E-state index contributed by atoms with van der Waals surface area (Å²) in [6.45, 7) is 2.24. The SMILES string of the molecule is CC(Sc1ncc(-c2ccc(Br)cc2)[nH]1)C(=O)NCc1ccco1. The van der Waals surface area contributed by atoms with Gasteiger partial charge in [-0.1, -0.05) is 39.8 Å². The summed E-state index contributed by atoms with van der Waals surface area (Å²) < 4.78 is 6.23. The number of H-pyrrole nitrogens is 1. The third-order valence-corrected chi connectivity index (χ3v) is 4.91. The lowest BCUT2D eigenvalue weighted by atomic mass is 10.2. The first-order valence-electron chi connectivity index (χ1n) is 7.39. The van der Waals surface area contributed by atoms with Crippen LogP contribution in [0.25, 0.3) is 11.3 Å². The molecule has 0 aliphatic carbocycles. The number of nitrogens with zero attached hydrogens (tertiary/aromatic N) is 1. The second-order valence-corrected chi connectivity index (χ2v) is 7.41. The predicted octanol–water partition coefficient (Wildman–Crippen LogP) is 4.23. The molecule has 1 aromatic carbocycles. The van der Waals surface area contributed by atoms with Crippen molar-refractivity contribution < 1.29 is 9.21 Å². The Morgan fingerprint density at radius 3 is 2.88 bits per heavy atom. The number of hydrogen-bond donors (Lipinski definition) is 2. The summed E-state index contributed by atoms with van der Waals surface area (Å²) in [6.07, 6.45) is 3.37. The van der Waals surface area contributed by atoms with Crippen LogP contribution in [0.15, 0.2) is 62.9 Å². The van der Waals surface area contributed by atoms with Crippen LogP contribution in [0.3, 0.4) is 0 Å². The normalized spacial score (nSPS) is 12.1. The highest BCUT2D eigenvalue weighted by Gasteiger charge is 2.16. The summed E-state index contributed by atoms with van der Waals surface area (Å²) in [5.41, 5.74) is 1.97. The molecule has 2 heterocycles. The fraction of sp³-hybridized carbons (Fsp3) is 0.176. The second kappa shape index (κ2) is 7.72. The molecule has 0 fully saturated rings. The van der Waals surface area contributed by atoms with Gasteiger partial charge in [0.15, 0.2) is 5.16 Å². The van der Waals surface area contributed by atoms with Crippen LogP contribution in [0, 0.1) is 0 Å². The third-order valence-electron chi connectivity index (χ3n) is 3.38. The molecule has 1 atom stereocenters. The lowest BCUT2D eigenvalue weighted by Crippen LogP contribution is -2.30. The summed E-state index contributed by atoms with van der Waals surface area (Å²) in [7, 11) is 0. The number of amides is 1. The average Bonchev–Trinajstić information content (AvgIpc) is 3.25. The van der Waals surface area contributed by atoms with Crippen LogP contribution in [0.4, 0.5) is 0 Å². The number of carbonyl (C=O) groups excluding carboxylic acids is 1. The Morgan fingerprint density at radius 2 is 2.17 bits per heavy atom. The van der Waals surface area contributed by atoms with E-state index >= 15 is 0 Å². The molecule has 1 amide bonds. The molecule has 0 saturated heterocycles. The zero-order chi connectivity index (χ0) is 16.9. The van der Waals surface area contributed by atoms with Gasteiger partial charge >= 0.3 is 0 Å². The van der Waals surface area contributed by atoms with Crippen LogP contribution in [0.5, 0.6) is 0 Å². The minimum atomic E-state index is -0.260. The smallest absolute Gasteiger partial charge is 0.233 e. The van der Waals surface area contributed by atoms with Gasteiger partial charge in [-0.15, -0.1) is 0 Å². The highest BCUT2D eigenvalue weighted by Crippen LogP contribution is 2.25. The molecule has 7 heteroatoms. The Morgan fingerprint density at radius 1 is 1.38 bits per heavy atom. The van der Waals surface area contributed by atoms with Crippen LogP contribution in [-0.4, -0.2) is 21.1 Å². The zero-order valence-corrected chi connectivity index (χ0v) is 15.4. The minimum absolute atomic E-state index is 0.0574. The van der Waals surface area contributed by atoms with E-state index in [1.165, 1.54) is 11.8 Å². The van der Waals surface area contributed by atoms with Crippen molar-refractivity contribution in [2.24, 2.45) is 0 Å². The molecule has 0 aliphatic rings. The quantitative estimate of drug-likeness (QED) is 0.601. The number of imidazole rings is 1. The number of nitrogens with one attached hydrogen (secondary N) is 2. The van der Waals surface area contributed by atoms with E-state index in [0.29, 0.717) is 11.7 Å². The lowest BCUT2D eigenvalue weighted by molar-refractivity contribution is -0.120. The second-order valence-electron chi connectivity index (χ2n) is 5.17. The van der Waals surface area contributed by atoms with Gasteiger partial charge in [-0.3, -0.25) is 4.79 Å². The maximum absolute atomic E-state index is 12.1. The number of halogens is 1. The van der Waals surface area contributed by atoms with Gasteiger partial charge in [-0.25, -0.2) is 4.98 Å². The average molecular weight is 406 g/mol. The highest BCUT2D eigenvalue weighted by molar-refractivity contribution is 9.10. The van der Waals surface area contributed by atoms with Crippen molar-refractivity contribution >= 4 is 33.6 Å². The monoisotopic (exact) mass is 405 g/mol. The largest absolute Gasteiger partial charge is 0.467 e. The van der Waals surface area contributed by atoms with Crippen molar-refractivity contribution in [1.29, 1.82) is 0 Å². The van der Waals surface area contributed by atoms with Crippen molar-refractivity contribution in [1.82, 2.24) is 15.3 Å². The molecule has 2 N–H and O–H groups in total. The summed E-state index contributed by atoms with van der Waals surface area (Å²) in [5, 5.41) is 3.31. The topological polar surface area (TPSA) is 70.9 Å². The highest BCUT2D eigenvalue weighted by atomic mass is 79.9. The standard InChI is InChI=1S/C17H16BrN3O2S/c1-11(16(22)19-9-14-3-2-8-23-14)24-17-20-10-15(21-17)12-4-6-13(18)7-5-12/h2-8,10-11H,9H2,1H3,(H,19,22)(H,20,21). The molecule has 0 spiro atoms. The van der Waals surface area contributed by atoms with Crippen molar-refractivity contribution in [3.63, 3.8) is 0 Å². The summed E-state index contributed by atoms with van der Waals surface area (Å²) >= 11 is 4.81. The fourth-order valence-corrected chi connectivity index (χ4v) is 3.16. The van der Waals surface area contributed by atoms with Gasteiger partial charge in [0, 0.05) is 4.47 Å². The lowest BCUT2D eigenvalue weighted by Gasteiger charge is -2.09. The Balaban J connectivity index is 1.57.